The van der Waals surface area contributed by atoms with Crippen molar-refractivity contribution in [3.63, 3.8) is 0 Å². The molecule has 0 aliphatic heterocycles. The number of hydrogen-bond acceptors (Lipinski definition) is 6. The van der Waals surface area contributed by atoms with Gasteiger partial charge in [0.15, 0.2) is 5.65 Å². The highest BCUT2D eigenvalue weighted by Crippen LogP contribution is 2.21. The zero-order valence-corrected chi connectivity index (χ0v) is 15.6. The summed E-state index contributed by atoms with van der Waals surface area (Å²) in [4.78, 5) is 29.3. The molecule has 0 radical (unpaired) electrons. The molecule has 2 aromatic carbocycles. The molecule has 0 aliphatic rings. The van der Waals surface area contributed by atoms with Crippen LogP contribution in [0, 0.1) is 0 Å². The van der Waals surface area contributed by atoms with Gasteiger partial charge in [0.2, 0.25) is 5.91 Å². The minimum absolute atomic E-state index is 0.133. The maximum absolute atomic E-state index is 12.6. The van der Waals surface area contributed by atoms with E-state index in [0.717, 1.165) is 5.56 Å². The summed E-state index contributed by atoms with van der Waals surface area (Å²) in [6.45, 7) is -0.133. The monoisotopic (exact) mass is 397 g/mol. The van der Waals surface area contributed by atoms with Crippen LogP contribution in [-0.4, -0.2) is 35.3 Å². The predicted molar refractivity (Wildman–Crippen MR) is 111 cm³/mol. The van der Waals surface area contributed by atoms with Gasteiger partial charge in [0.05, 0.1) is 22.9 Å². The number of rotatable bonds is 4. The second-order valence-corrected chi connectivity index (χ2v) is 6.68. The lowest BCUT2D eigenvalue weighted by molar-refractivity contribution is -0.116. The highest BCUT2D eigenvalue weighted by Gasteiger charge is 2.09. The summed E-state index contributed by atoms with van der Waals surface area (Å²) >= 11 is 0. The molecule has 0 saturated heterocycles. The van der Waals surface area contributed by atoms with Crippen molar-refractivity contribution in [3.8, 4) is 11.3 Å². The van der Waals surface area contributed by atoms with Crippen LogP contribution in [0.5, 0.6) is 0 Å². The number of amides is 1. The Hall–Kier alpha value is -4.40. The molecule has 30 heavy (non-hydrogen) atoms. The van der Waals surface area contributed by atoms with Gasteiger partial charge < -0.3 is 5.32 Å². The molecule has 3 aromatic heterocycles. The molecule has 1 N–H and O–H groups in total. The molecule has 0 aliphatic carbocycles. The van der Waals surface area contributed by atoms with Gasteiger partial charge in [-0.25, -0.2) is 4.98 Å². The lowest BCUT2D eigenvalue weighted by atomic mass is 10.1. The molecule has 0 saturated carbocycles. The van der Waals surface area contributed by atoms with Crippen LogP contribution >= 0.6 is 0 Å². The van der Waals surface area contributed by atoms with E-state index >= 15 is 0 Å². The summed E-state index contributed by atoms with van der Waals surface area (Å²) < 4.78 is 2.88. The van der Waals surface area contributed by atoms with Crippen LogP contribution in [0.1, 0.15) is 0 Å². The molecule has 0 unspecified atom stereocenters. The lowest BCUT2D eigenvalue weighted by Gasteiger charge is -2.09. The molecule has 9 heteroatoms. The van der Waals surface area contributed by atoms with Gasteiger partial charge in [0.25, 0.3) is 5.56 Å². The first-order chi connectivity index (χ1) is 14.7. The molecule has 0 bridgehead atoms. The van der Waals surface area contributed by atoms with Crippen molar-refractivity contribution >= 4 is 28.1 Å². The normalized spacial score (nSPS) is 11.1. The molecule has 3 heterocycles. The van der Waals surface area contributed by atoms with Crippen molar-refractivity contribution in [2.24, 2.45) is 0 Å². The molecular formula is C21H15N7O2. The Balaban J connectivity index is 1.37. The minimum atomic E-state index is -0.325. The van der Waals surface area contributed by atoms with Gasteiger partial charge in [0, 0.05) is 11.3 Å². The molecule has 9 nitrogen and oxygen atoms in total. The highest BCUT2D eigenvalue weighted by atomic mass is 16.2. The van der Waals surface area contributed by atoms with Crippen LogP contribution in [0.25, 0.3) is 27.8 Å². The Kier molecular flexibility index (Phi) is 4.25. The van der Waals surface area contributed by atoms with Gasteiger partial charge in [-0.15, -0.1) is 10.2 Å². The topological polar surface area (TPSA) is 107 Å². The predicted octanol–water partition coefficient (Wildman–Crippen LogP) is 2.14. The number of anilines is 1. The number of fused-ring (bicyclic) bond motifs is 2. The highest BCUT2D eigenvalue weighted by molar-refractivity contribution is 5.91. The fraction of sp³-hybridized carbons (Fsp3) is 0.0476. The third-order valence-electron chi connectivity index (χ3n) is 4.65. The van der Waals surface area contributed by atoms with Gasteiger partial charge in [-0.1, -0.05) is 24.3 Å². The molecule has 0 atom stereocenters. The van der Waals surface area contributed by atoms with Gasteiger partial charge in [-0.3, -0.25) is 14.2 Å². The van der Waals surface area contributed by atoms with E-state index in [-0.39, 0.29) is 18.0 Å². The van der Waals surface area contributed by atoms with Crippen molar-refractivity contribution in [2.45, 2.75) is 6.54 Å². The van der Waals surface area contributed by atoms with E-state index in [4.69, 9.17) is 0 Å². The number of carbonyl (C=O) groups excluding carboxylic acids is 1. The standard InChI is InChI=1S/C21H15N7O2/c29-20(11-27-12-22-18-7-2-1-6-16(18)21(27)30)24-15-5-3-4-14(10-15)17-8-9-19-25-23-13-28(19)26-17/h1-10,12-13H,11H2,(H,24,29). The maximum atomic E-state index is 12.6. The van der Waals surface area contributed by atoms with Gasteiger partial charge in [-0.2, -0.15) is 9.61 Å². The Labute approximate surface area is 169 Å². The SMILES string of the molecule is O=C(Cn1cnc2ccccc2c1=O)Nc1cccc(-c2ccc3nncn3n2)c1. The van der Waals surface area contributed by atoms with E-state index in [0.29, 0.717) is 27.9 Å². The minimum Gasteiger partial charge on any atom is -0.325 e. The first kappa shape index (κ1) is 17.7. The van der Waals surface area contributed by atoms with Crippen molar-refractivity contribution in [1.82, 2.24) is 29.4 Å². The second-order valence-electron chi connectivity index (χ2n) is 6.68. The van der Waals surface area contributed by atoms with Crippen LogP contribution in [0.2, 0.25) is 0 Å². The summed E-state index contributed by atoms with van der Waals surface area (Å²) in [5, 5.41) is 15.5. The largest absolute Gasteiger partial charge is 0.325 e. The zero-order valence-electron chi connectivity index (χ0n) is 15.6. The second kappa shape index (κ2) is 7.21. The van der Waals surface area contributed by atoms with E-state index < -0.39 is 0 Å². The lowest BCUT2D eigenvalue weighted by Crippen LogP contribution is -2.27. The summed E-state index contributed by atoms with van der Waals surface area (Å²) in [5.41, 5.74) is 3.14. The number of nitrogens with zero attached hydrogens (tertiary/aromatic N) is 6. The van der Waals surface area contributed by atoms with E-state index in [1.807, 2.05) is 36.4 Å². The number of hydrogen-bond donors (Lipinski definition) is 1. The van der Waals surface area contributed by atoms with Gasteiger partial charge >= 0.3 is 0 Å². The first-order valence-corrected chi connectivity index (χ1v) is 9.19. The molecule has 146 valence electrons. The zero-order chi connectivity index (χ0) is 20.5. The van der Waals surface area contributed by atoms with Crippen molar-refractivity contribution in [2.75, 3.05) is 5.32 Å². The Morgan fingerprint density at radius 1 is 1.00 bits per heavy atom. The maximum Gasteiger partial charge on any atom is 0.261 e. The summed E-state index contributed by atoms with van der Waals surface area (Å²) in [6.07, 6.45) is 2.92. The number of para-hydroxylation sites is 1. The van der Waals surface area contributed by atoms with Crippen LogP contribution in [-0.2, 0) is 11.3 Å². The van der Waals surface area contributed by atoms with E-state index in [2.05, 4.69) is 25.6 Å². The number of nitrogens with one attached hydrogen (secondary N) is 1. The molecule has 0 spiro atoms. The fourth-order valence-corrected chi connectivity index (χ4v) is 3.21. The van der Waals surface area contributed by atoms with Gasteiger partial charge in [-0.05, 0) is 36.4 Å². The van der Waals surface area contributed by atoms with E-state index in [1.165, 1.54) is 17.2 Å². The molecule has 0 fully saturated rings. The molecular weight excluding hydrogens is 382 g/mol. The van der Waals surface area contributed by atoms with E-state index in [1.54, 1.807) is 28.8 Å². The van der Waals surface area contributed by atoms with Crippen LogP contribution in [0.4, 0.5) is 5.69 Å². The average molecular weight is 397 g/mol. The first-order valence-electron chi connectivity index (χ1n) is 9.19. The Morgan fingerprint density at radius 3 is 2.83 bits per heavy atom. The quantitative estimate of drug-likeness (QED) is 0.498. The third-order valence-corrected chi connectivity index (χ3v) is 4.65. The summed E-state index contributed by atoms with van der Waals surface area (Å²) in [5.74, 6) is -0.325. The molecule has 1 amide bonds. The smallest absolute Gasteiger partial charge is 0.261 e. The number of carbonyl (C=O) groups is 1. The molecule has 5 aromatic rings. The van der Waals surface area contributed by atoms with Crippen LogP contribution in [0.3, 0.4) is 0 Å². The van der Waals surface area contributed by atoms with Crippen molar-refractivity contribution < 1.29 is 4.79 Å². The fourth-order valence-electron chi connectivity index (χ4n) is 3.21. The van der Waals surface area contributed by atoms with E-state index in [9.17, 15) is 9.59 Å². The van der Waals surface area contributed by atoms with Crippen molar-refractivity contribution in [3.05, 3.63) is 83.7 Å². The third kappa shape index (κ3) is 3.28. The van der Waals surface area contributed by atoms with Crippen LogP contribution < -0.4 is 10.9 Å². The van der Waals surface area contributed by atoms with Crippen molar-refractivity contribution in [1.29, 1.82) is 0 Å². The number of aromatic nitrogens is 6. The Morgan fingerprint density at radius 2 is 1.90 bits per heavy atom. The van der Waals surface area contributed by atoms with Gasteiger partial charge in [0.1, 0.15) is 12.9 Å². The Bertz CT molecular complexity index is 1450. The summed E-state index contributed by atoms with van der Waals surface area (Å²) in [7, 11) is 0. The number of benzene rings is 2. The molecule has 5 rings (SSSR count). The summed E-state index contributed by atoms with van der Waals surface area (Å²) in [6, 6.07) is 18.0. The average Bonchev–Trinajstić information content (AvgIpc) is 3.24. The van der Waals surface area contributed by atoms with Crippen LogP contribution in [0.15, 0.2) is 78.1 Å².